The third-order valence-electron chi connectivity index (χ3n) is 4.35. The van der Waals surface area contributed by atoms with Gasteiger partial charge in [-0.25, -0.2) is 0 Å². The number of carbonyl (C=O) groups is 1. The van der Waals surface area contributed by atoms with Gasteiger partial charge in [0.05, 0.1) is 16.1 Å². The number of guanidine groups is 1. The number of benzene rings is 2. The quantitative estimate of drug-likeness (QED) is 0.205. The molecule has 3 N–H and O–H groups in total. The normalized spacial score (nSPS) is 12.6. The standard InChI is InChI=1S/C20H13Cl2F6N5O/c1-9-15(20(26,27)28)32-33-16(9)30-18(29-12-4-2-3-10(7-12)19(23,24)25)31-17(34)13-6-5-11(21)8-14(13)22/h2-8H,1H3,(H3,29,30,31,32,33,34). The van der Waals surface area contributed by atoms with Crippen LogP contribution in [-0.2, 0) is 12.4 Å². The molecule has 0 bridgehead atoms. The number of halogens is 8. The molecule has 0 fully saturated rings. The Labute approximate surface area is 198 Å². The lowest BCUT2D eigenvalue weighted by atomic mass is 10.2. The molecule has 1 amide bonds. The fraction of sp³-hybridized carbons (Fsp3) is 0.150. The molecular weight excluding hydrogens is 511 g/mol. The summed E-state index contributed by atoms with van der Waals surface area (Å²) in [7, 11) is 0. The summed E-state index contributed by atoms with van der Waals surface area (Å²) in [6.07, 6.45) is -9.41. The number of carbonyl (C=O) groups excluding carboxylic acids is 1. The van der Waals surface area contributed by atoms with E-state index in [4.69, 9.17) is 23.2 Å². The van der Waals surface area contributed by atoms with Gasteiger partial charge in [-0.3, -0.25) is 15.2 Å². The number of H-pyrrole nitrogens is 1. The van der Waals surface area contributed by atoms with Crippen molar-refractivity contribution >= 4 is 46.6 Å². The van der Waals surface area contributed by atoms with E-state index in [-0.39, 0.29) is 21.3 Å². The SMILES string of the molecule is Cc1c(N=C(NC(=O)c2ccc(Cl)cc2Cl)Nc2cccc(C(F)(F)F)c2)n[nH]c1C(F)(F)F. The number of hydrogen-bond donors (Lipinski definition) is 3. The van der Waals surface area contributed by atoms with Crippen LogP contribution in [0.3, 0.4) is 0 Å². The predicted octanol–water partition coefficient (Wildman–Crippen LogP) is 6.59. The van der Waals surface area contributed by atoms with Gasteiger partial charge in [-0.15, -0.1) is 0 Å². The highest BCUT2D eigenvalue weighted by atomic mass is 35.5. The van der Waals surface area contributed by atoms with Gasteiger partial charge in [0.1, 0.15) is 5.69 Å². The minimum atomic E-state index is -4.75. The molecule has 1 heterocycles. The van der Waals surface area contributed by atoms with Crippen LogP contribution in [-0.4, -0.2) is 22.1 Å². The van der Waals surface area contributed by atoms with Crippen molar-refractivity contribution in [3.63, 3.8) is 0 Å². The molecule has 3 aromatic rings. The minimum absolute atomic E-state index is 0.0428. The van der Waals surface area contributed by atoms with Crippen LogP contribution in [0.25, 0.3) is 0 Å². The average Bonchev–Trinajstić information content (AvgIpc) is 3.08. The molecule has 34 heavy (non-hydrogen) atoms. The first-order valence-corrected chi connectivity index (χ1v) is 9.93. The van der Waals surface area contributed by atoms with Crippen molar-refractivity contribution in [2.75, 3.05) is 5.32 Å². The Morgan fingerprint density at radius 2 is 1.74 bits per heavy atom. The molecule has 0 saturated carbocycles. The molecule has 0 spiro atoms. The van der Waals surface area contributed by atoms with Gasteiger partial charge in [0.15, 0.2) is 5.82 Å². The van der Waals surface area contributed by atoms with Crippen molar-refractivity contribution in [2.45, 2.75) is 19.3 Å². The topological polar surface area (TPSA) is 82.2 Å². The summed E-state index contributed by atoms with van der Waals surface area (Å²) in [5.74, 6) is -1.81. The summed E-state index contributed by atoms with van der Waals surface area (Å²) in [6.45, 7) is 1.09. The maximum absolute atomic E-state index is 13.1. The fourth-order valence-corrected chi connectivity index (χ4v) is 3.22. The Morgan fingerprint density at radius 1 is 1.03 bits per heavy atom. The first-order chi connectivity index (χ1) is 15.8. The van der Waals surface area contributed by atoms with Crippen molar-refractivity contribution in [1.29, 1.82) is 0 Å². The maximum atomic E-state index is 13.1. The summed E-state index contributed by atoms with van der Waals surface area (Å²) < 4.78 is 78.4. The molecule has 0 atom stereocenters. The monoisotopic (exact) mass is 523 g/mol. The van der Waals surface area contributed by atoms with Crippen LogP contribution < -0.4 is 10.6 Å². The van der Waals surface area contributed by atoms with Crippen LogP contribution >= 0.6 is 23.2 Å². The van der Waals surface area contributed by atoms with E-state index in [0.717, 1.165) is 25.1 Å². The molecular formula is C20H13Cl2F6N5O. The number of aromatic amines is 1. The Balaban J connectivity index is 2.01. The van der Waals surface area contributed by atoms with Crippen LogP contribution in [0.15, 0.2) is 47.5 Å². The molecule has 0 unspecified atom stereocenters. The van der Waals surface area contributed by atoms with E-state index in [2.05, 4.69) is 20.7 Å². The minimum Gasteiger partial charge on any atom is -0.326 e. The number of amides is 1. The molecule has 1 aromatic heterocycles. The maximum Gasteiger partial charge on any atom is 0.433 e. The zero-order valence-corrected chi connectivity index (χ0v) is 18.4. The van der Waals surface area contributed by atoms with Gasteiger partial charge in [-0.05, 0) is 43.3 Å². The second-order valence-corrected chi connectivity index (χ2v) is 7.63. The van der Waals surface area contributed by atoms with Gasteiger partial charge < -0.3 is 5.32 Å². The Bertz CT molecular complexity index is 1250. The summed E-state index contributed by atoms with van der Waals surface area (Å²) in [6, 6.07) is 7.82. The molecule has 6 nitrogen and oxygen atoms in total. The van der Waals surface area contributed by atoms with Crippen LogP contribution in [0.5, 0.6) is 0 Å². The number of hydrogen-bond acceptors (Lipinski definition) is 3. The number of aliphatic imine (C=N–C) groups is 1. The Hall–Kier alpha value is -3.25. The first-order valence-electron chi connectivity index (χ1n) is 9.17. The number of nitrogens with one attached hydrogen (secondary N) is 3. The summed E-state index contributed by atoms with van der Waals surface area (Å²) >= 11 is 11.8. The fourth-order valence-electron chi connectivity index (χ4n) is 2.72. The first kappa shape index (κ1) is 25.4. The average molecular weight is 524 g/mol. The van der Waals surface area contributed by atoms with Crippen LogP contribution in [0.1, 0.15) is 27.2 Å². The van der Waals surface area contributed by atoms with Gasteiger partial charge in [0.2, 0.25) is 5.96 Å². The molecule has 0 saturated heterocycles. The van der Waals surface area contributed by atoms with Crippen molar-refractivity contribution in [2.24, 2.45) is 4.99 Å². The van der Waals surface area contributed by atoms with Crippen molar-refractivity contribution in [3.05, 3.63) is 74.9 Å². The van der Waals surface area contributed by atoms with E-state index in [9.17, 15) is 31.1 Å². The zero-order chi connectivity index (χ0) is 25.3. The molecule has 0 radical (unpaired) electrons. The van der Waals surface area contributed by atoms with E-state index in [0.29, 0.717) is 0 Å². The lowest BCUT2D eigenvalue weighted by molar-refractivity contribution is -0.141. The van der Waals surface area contributed by atoms with Gasteiger partial charge >= 0.3 is 12.4 Å². The Kier molecular flexibility index (Phi) is 7.13. The van der Waals surface area contributed by atoms with Gasteiger partial charge in [0.25, 0.3) is 5.91 Å². The van der Waals surface area contributed by atoms with E-state index in [1.165, 1.54) is 24.3 Å². The molecule has 0 aliphatic heterocycles. The zero-order valence-electron chi connectivity index (χ0n) is 16.9. The lowest BCUT2D eigenvalue weighted by Crippen LogP contribution is -2.36. The van der Waals surface area contributed by atoms with Crippen LogP contribution in [0.2, 0.25) is 10.0 Å². The van der Waals surface area contributed by atoms with Gasteiger partial charge in [-0.2, -0.15) is 36.4 Å². The third kappa shape index (κ3) is 6.00. The number of rotatable bonds is 3. The number of alkyl halides is 6. The van der Waals surface area contributed by atoms with Crippen molar-refractivity contribution in [3.8, 4) is 0 Å². The summed E-state index contributed by atoms with van der Waals surface area (Å²) in [5, 5.41) is 10.2. The third-order valence-corrected chi connectivity index (χ3v) is 4.89. The van der Waals surface area contributed by atoms with Crippen molar-refractivity contribution < 1.29 is 31.1 Å². The lowest BCUT2D eigenvalue weighted by Gasteiger charge is -2.14. The molecule has 0 aliphatic carbocycles. The van der Waals surface area contributed by atoms with Crippen LogP contribution in [0, 0.1) is 6.92 Å². The summed E-state index contributed by atoms with van der Waals surface area (Å²) in [4.78, 5) is 16.6. The van der Waals surface area contributed by atoms with Gasteiger partial charge in [-0.1, -0.05) is 29.3 Å². The van der Waals surface area contributed by atoms with Crippen LogP contribution in [0.4, 0.5) is 37.8 Å². The van der Waals surface area contributed by atoms with E-state index >= 15 is 0 Å². The van der Waals surface area contributed by atoms with E-state index < -0.39 is 46.9 Å². The van der Waals surface area contributed by atoms with E-state index in [1.54, 1.807) is 5.10 Å². The molecule has 0 aliphatic rings. The summed E-state index contributed by atoms with van der Waals surface area (Å²) in [5.41, 5.74) is -2.79. The molecule has 3 rings (SSSR count). The molecule has 2 aromatic carbocycles. The number of nitrogens with zero attached hydrogens (tertiary/aromatic N) is 2. The van der Waals surface area contributed by atoms with Gasteiger partial charge in [0, 0.05) is 16.3 Å². The molecule has 180 valence electrons. The second kappa shape index (κ2) is 9.55. The smallest absolute Gasteiger partial charge is 0.326 e. The highest BCUT2D eigenvalue weighted by molar-refractivity contribution is 6.37. The highest BCUT2D eigenvalue weighted by Crippen LogP contribution is 2.34. The number of aromatic nitrogens is 2. The molecule has 14 heteroatoms. The van der Waals surface area contributed by atoms with Crippen molar-refractivity contribution in [1.82, 2.24) is 15.5 Å². The Morgan fingerprint density at radius 3 is 2.32 bits per heavy atom. The van der Waals surface area contributed by atoms with E-state index in [1.807, 2.05) is 0 Å². The number of anilines is 1. The predicted molar refractivity (Wildman–Crippen MR) is 114 cm³/mol. The second-order valence-electron chi connectivity index (χ2n) is 6.79. The largest absolute Gasteiger partial charge is 0.433 e. The highest BCUT2D eigenvalue weighted by Gasteiger charge is 2.36.